The van der Waals surface area contributed by atoms with Crippen molar-refractivity contribution in [1.29, 1.82) is 0 Å². The van der Waals surface area contributed by atoms with E-state index in [1.807, 2.05) is 58.4 Å². The molecule has 0 aliphatic rings. The van der Waals surface area contributed by atoms with Crippen LogP contribution in [0, 0.1) is 0 Å². The molecule has 2 aromatic heterocycles. The van der Waals surface area contributed by atoms with Gasteiger partial charge in [-0.3, -0.25) is 9.36 Å². The Morgan fingerprint density at radius 2 is 1.85 bits per heavy atom. The van der Waals surface area contributed by atoms with E-state index in [-0.39, 0.29) is 0 Å². The zero-order chi connectivity index (χ0) is 13.9. The second-order valence-electron chi connectivity index (χ2n) is 4.72. The van der Waals surface area contributed by atoms with Crippen molar-refractivity contribution in [2.24, 2.45) is 0 Å². The normalized spacial score (nSPS) is 10.8. The van der Waals surface area contributed by atoms with Crippen LogP contribution in [0.25, 0.3) is 11.1 Å². The van der Waals surface area contributed by atoms with E-state index in [1.165, 1.54) is 0 Å². The molecule has 3 aromatic rings. The Kier molecular flexibility index (Phi) is 3.25. The van der Waals surface area contributed by atoms with Gasteiger partial charge in [0.25, 0.3) is 0 Å². The summed E-state index contributed by atoms with van der Waals surface area (Å²) in [4.78, 5) is 0. The number of nitrogen functional groups attached to an aromatic ring is 1. The summed E-state index contributed by atoms with van der Waals surface area (Å²) in [7, 11) is 0. The van der Waals surface area contributed by atoms with Gasteiger partial charge in [0.1, 0.15) is 0 Å². The third-order valence-electron chi connectivity index (χ3n) is 3.26. The number of nitrogens with zero attached hydrogens (tertiary/aromatic N) is 4. The summed E-state index contributed by atoms with van der Waals surface area (Å²) in [6.07, 6.45) is 7.77. The van der Waals surface area contributed by atoms with Crippen molar-refractivity contribution < 1.29 is 0 Å². The molecule has 0 fully saturated rings. The number of benzene rings is 1. The molecular formula is C15H17N5. The third-order valence-corrected chi connectivity index (χ3v) is 3.26. The molecule has 0 aliphatic heterocycles. The topological polar surface area (TPSA) is 61.7 Å². The maximum absolute atomic E-state index is 5.99. The number of hydrogen-bond acceptors (Lipinski definition) is 3. The van der Waals surface area contributed by atoms with Crippen LogP contribution in [0.2, 0.25) is 0 Å². The summed E-state index contributed by atoms with van der Waals surface area (Å²) in [6, 6.07) is 7.82. The summed E-state index contributed by atoms with van der Waals surface area (Å²) in [5.41, 5.74) is 9.95. The van der Waals surface area contributed by atoms with Crippen LogP contribution < -0.4 is 5.73 Å². The fraction of sp³-hybridized carbons (Fsp3) is 0.200. The fourth-order valence-electron chi connectivity index (χ4n) is 2.20. The van der Waals surface area contributed by atoms with E-state index >= 15 is 0 Å². The van der Waals surface area contributed by atoms with E-state index in [9.17, 15) is 0 Å². The minimum Gasteiger partial charge on any atom is -0.398 e. The molecule has 102 valence electrons. The molecule has 0 bridgehead atoms. The minimum absolute atomic E-state index is 0.715. The second-order valence-corrected chi connectivity index (χ2v) is 4.72. The first kappa shape index (κ1) is 12.5. The molecule has 3 rings (SSSR count). The maximum atomic E-state index is 5.99. The highest BCUT2D eigenvalue weighted by atomic mass is 15.3. The molecule has 1 aromatic carbocycles. The van der Waals surface area contributed by atoms with Gasteiger partial charge in [0.2, 0.25) is 0 Å². The van der Waals surface area contributed by atoms with Gasteiger partial charge in [-0.15, -0.1) is 0 Å². The highest BCUT2D eigenvalue weighted by Gasteiger charge is 2.06. The van der Waals surface area contributed by atoms with Crippen LogP contribution in [-0.2, 0) is 13.1 Å². The number of aromatic nitrogens is 4. The first-order chi connectivity index (χ1) is 9.76. The minimum atomic E-state index is 0.715. The molecule has 0 atom stereocenters. The Labute approximate surface area is 117 Å². The average molecular weight is 267 g/mol. The number of rotatable bonds is 4. The molecule has 2 heterocycles. The molecule has 0 saturated heterocycles. The van der Waals surface area contributed by atoms with Crippen LogP contribution in [0.3, 0.4) is 0 Å². The lowest BCUT2D eigenvalue weighted by Crippen LogP contribution is -1.99. The van der Waals surface area contributed by atoms with Crippen molar-refractivity contribution in [3.63, 3.8) is 0 Å². The first-order valence-corrected chi connectivity index (χ1v) is 6.65. The van der Waals surface area contributed by atoms with Crippen molar-refractivity contribution in [1.82, 2.24) is 19.6 Å². The van der Waals surface area contributed by atoms with Crippen LogP contribution in [0.15, 0.2) is 49.1 Å². The lowest BCUT2D eigenvalue weighted by atomic mass is 10.1. The number of aryl methyl sites for hydroxylation is 1. The highest BCUT2D eigenvalue weighted by molar-refractivity contribution is 5.75. The average Bonchev–Trinajstić information content (AvgIpc) is 3.09. The summed E-state index contributed by atoms with van der Waals surface area (Å²) in [5.74, 6) is 0. The zero-order valence-corrected chi connectivity index (χ0v) is 11.4. The Balaban J connectivity index is 1.82. The van der Waals surface area contributed by atoms with Gasteiger partial charge in [-0.05, 0) is 13.0 Å². The quantitative estimate of drug-likeness (QED) is 0.738. The Bertz CT molecular complexity index is 710. The zero-order valence-electron chi connectivity index (χ0n) is 11.4. The van der Waals surface area contributed by atoms with Crippen molar-refractivity contribution >= 4 is 5.69 Å². The van der Waals surface area contributed by atoms with Crippen molar-refractivity contribution in [2.75, 3.05) is 5.73 Å². The van der Waals surface area contributed by atoms with Gasteiger partial charge in [-0.2, -0.15) is 10.2 Å². The molecule has 0 unspecified atom stereocenters. The van der Waals surface area contributed by atoms with Crippen LogP contribution in [0.4, 0.5) is 5.69 Å². The molecule has 5 nitrogen and oxygen atoms in total. The SMILES string of the molecule is CCn1cc(Cn2cc(-c3ccccc3N)cn2)cn1. The van der Waals surface area contributed by atoms with Crippen LogP contribution in [0.1, 0.15) is 12.5 Å². The molecule has 0 radical (unpaired) electrons. The van der Waals surface area contributed by atoms with Gasteiger partial charge in [-0.25, -0.2) is 0 Å². The summed E-state index contributed by atoms with van der Waals surface area (Å²) in [6.45, 7) is 3.67. The maximum Gasteiger partial charge on any atom is 0.0690 e. The van der Waals surface area contributed by atoms with Crippen LogP contribution in [0.5, 0.6) is 0 Å². The van der Waals surface area contributed by atoms with Crippen molar-refractivity contribution in [3.05, 3.63) is 54.6 Å². The van der Waals surface area contributed by atoms with Gasteiger partial charge in [0.05, 0.1) is 18.9 Å². The van der Waals surface area contributed by atoms with E-state index in [1.54, 1.807) is 0 Å². The standard InChI is InChI=1S/C15H17N5/c1-2-19-9-12(7-17-19)10-20-11-13(8-18-20)14-5-3-4-6-15(14)16/h3-9,11H,2,10,16H2,1H3. The van der Waals surface area contributed by atoms with Crippen LogP contribution >= 0.6 is 0 Å². The Morgan fingerprint density at radius 1 is 1.05 bits per heavy atom. The van der Waals surface area contributed by atoms with E-state index in [0.717, 1.165) is 28.9 Å². The van der Waals surface area contributed by atoms with Gasteiger partial charge >= 0.3 is 0 Å². The Hall–Kier alpha value is -2.56. The predicted molar refractivity (Wildman–Crippen MR) is 79.1 cm³/mol. The largest absolute Gasteiger partial charge is 0.398 e. The lowest BCUT2D eigenvalue weighted by molar-refractivity contribution is 0.654. The molecule has 5 heteroatoms. The monoisotopic (exact) mass is 267 g/mol. The van der Waals surface area contributed by atoms with Gasteiger partial charge in [0.15, 0.2) is 0 Å². The molecule has 0 aliphatic carbocycles. The van der Waals surface area contributed by atoms with Gasteiger partial charge < -0.3 is 5.73 Å². The highest BCUT2D eigenvalue weighted by Crippen LogP contribution is 2.24. The molecule has 0 spiro atoms. The van der Waals surface area contributed by atoms with E-state index in [2.05, 4.69) is 17.1 Å². The Morgan fingerprint density at radius 3 is 2.60 bits per heavy atom. The molecule has 0 saturated carbocycles. The molecule has 2 N–H and O–H groups in total. The van der Waals surface area contributed by atoms with Crippen LogP contribution in [-0.4, -0.2) is 19.6 Å². The molecular weight excluding hydrogens is 250 g/mol. The molecule has 0 amide bonds. The summed E-state index contributed by atoms with van der Waals surface area (Å²) >= 11 is 0. The second kappa shape index (κ2) is 5.21. The summed E-state index contributed by atoms with van der Waals surface area (Å²) in [5, 5.41) is 8.65. The predicted octanol–water partition coefficient (Wildman–Crippen LogP) is 2.40. The van der Waals surface area contributed by atoms with Gasteiger partial charge in [-0.1, -0.05) is 18.2 Å². The van der Waals surface area contributed by atoms with E-state index < -0.39 is 0 Å². The van der Waals surface area contributed by atoms with E-state index in [0.29, 0.717) is 6.54 Å². The summed E-state index contributed by atoms with van der Waals surface area (Å²) < 4.78 is 3.81. The fourth-order valence-corrected chi connectivity index (χ4v) is 2.20. The number of para-hydroxylation sites is 1. The van der Waals surface area contributed by atoms with E-state index in [4.69, 9.17) is 5.73 Å². The third kappa shape index (κ3) is 2.42. The number of hydrogen-bond donors (Lipinski definition) is 1. The van der Waals surface area contributed by atoms with Crippen molar-refractivity contribution in [2.45, 2.75) is 20.0 Å². The first-order valence-electron chi connectivity index (χ1n) is 6.65. The number of anilines is 1. The smallest absolute Gasteiger partial charge is 0.0690 e. The lowest BCUT2D eigenvalue weighted by Gasteiger charge is -2.01. The van der Waals surface area contributed by atoms with Crippen molar-refractivity contribution in [3.8, 4) is 11.1 Å². The number of nitrogens with two attached hydrogens (primary N) is 1. The molecule has 20 heavy (non-hydrogen) atoms. The van der Waals surface area contributed by atoms with Gasteiger partial charge in [0, 0.05) is 41.3 Å².